The lowest BCUT2D eigenvalue weighted by Crippen LogP contribution is -2.10. The standard InChI is InChI=1S/C54H35NS/c1-2-13-36(14-3-1)37-29-31-42(32-30-37)55(52-35-51-48-22-10-11-24-53(48)56-54(51)49-23-9-8-21-47(49)52)43-17-12-16-40(33-43)38-25-27-39(28-26-38)50-34-41-15-4-5-18-44(41)45-19-6-7-20-46(45)50/h1-35H. The van der Waals surface area contributed by atoms with E-state index >= 15 is 0 Å². The molecule has 2 heteroatoms. The van der Waals surface area contributed by atoms with Gasteiger partial charge in [0.15, 0.2) is 0 Å². The number of thiophene rings is 1. The smallest absolute Gasteiger partial charge is 0.0547 e. The third-order valence-electron chi connectivity index (χ3n) is 11.2. The van der Waals surface area contributed by atoms with E-state index in [1.807, 2.05) is 11.3 Å². The van der Waals surface area contributed by atoms with E-state index in [-0.39, 0.29) is 0 Å². The molecule has 0 atom stereocenters. The van der Waals surface area contributed by atoms with Crippen molar-refractivity contribution in [1.82, 2.24) is 0 Å². The van der Waals surface area contributed by atoms with Crippen LogP contribution >= 0.6 is 11.3 Å². The van der Waals surface area contributed by atoms with Crippen LogP contribution in [0.15, 0.2) is 212 Å². The van der Waals surface area contributed by atoms with Gasteiger partial charge in [-0.15, -0.1) is 11.3 Å². The van der Waals surface area contributed by atoms with Crippen molar-refractivity contribution < 1.29 is 0 Å². The van der Waals surface area contributed by atoms with Gasteiger partial charge < -0.3 is 4.90 Å². The van der Waals surface area contributed by atoms with Gasteiger partial charge in [-0.2, -0.15) is 0 Å². The van der Waals surface area contributed by atoms with Gasteiger partial charge in [-0.3, -0.25) is 0 Å². The minimum atomic E-state index is 1.11. The highest BCUT2D eigenvalue weighted by Gasteiger charge is 2.20. The van der Waals surface area contributed by atoms with E-state index in [9.17, 15) is 0 Å². The third kappa shape index (κ3) is 5.46. The molecule has 0 amide bonds. The van der Waals surface area contributed by atoms with Crippen LogP contribution in [-0.2, 0) is 0 Å². The zero-order valence-corrected chi connectivity index (χ0v) is 31.4. The summed E-state index contributed by atoms with van der Waals surface area (Å²) in [5.74, 6) is 0. The molecule has 0 saturated heterocycles. The van der Waals surface area contributed by atoms with Crippen LogP contribution in [0.1, 0.15) is 0 Å². The van der Waals surface area contributed by atoms with E-state index in [0.29, 0.717) is 0 Å². The van der Waals surface area contributed by atoms with Crippen LogP contribution in [0.2, 0.25) is 0 Å². The van der Waals surface area contributed by atoms with Crippen molar-refractivity contribution in [2.75, 3.05) is 4.90 Å². The summed E-state index contributed by atoms with van der Waals surface area (Å²) in [5.41, 5.74) is 10.6. The lowest BCUT2D eigenvalue weighted by atomic mass is 9.92. The second kappa shape index (κ2) is 13.4. The van der Waals surface area contributed by atoms with Gasteiger partial charge in [-0.25, -0.2) is 0 Å². The number of benzene rings is 10. The van der Waals surface area contributed by atoms with E-state index < -0.39 is 0 Å². The second-order valence-corrected chi connectivity index (χ2v) is 15.5. The Morgan fingerprint density at radius 3 is 1.68 bits per heavy atom. The largest absolute Gasteiger partial charge is 0.310 e. The average molecular weight is 730 g/mol. The molecule has 0 aliphatic rings. The summed E-state index contributed by atoms with van der Waals surface area (Å²) in [5, 5.41) is 10.2. The fraction of sp³-hybridized carbons (Fsp3) is 0. The predicted molar refractivity (Wildman–Crippen MR) is 243 cm³/mol. The minimum absolute atomic E-state index is 1.11. The lowest BCUT2D eigenvalue weighted by Gasteiger charge is -2.28. The van der Waals surface area contributed by atoms with Crippen molar-refractivity contribution in [2.24, 2.45) is 0 Å². The Morgan fingerprint density at radius 2 is 0.875 bits per heavy atom. The van der Waals surface area contributed by atoms with E-state index in [1.165, 1.54) is 91.6 Å². The first-order valence-corrected chi connectivity index (χ1v) is 20.0. The van der Waals surface area contributed by atoms with E-state index in [2.05, 4.69) is 217 Å². The monoisotopic (exact) mass is 729 g/mol. The van der Waals surface area contributed by atoms with Crippen LogP contribution in [0.25, 0.3) is 85.9 Å². The van der Waals surface area contributed by atoms with E-state index in [1.54, 1.807) is 0 Å². The molecular formula is C54H35NS. The predicted octanol–water partition coefficient (Wildman–Crippen LogP) is 16.0. The van der Waals surface area contributed by atoms with E-state index in [4.69, 9.17) is 0 Å². The number of fused-ring (bicyclic) bond motifs is 8. The van der Waals surface area contributed by atoms with Crippen LogP contribution in [0, 0.1) is 0 Å². The molecule has 1 aromatic heterocycles. The Labute approximate surface area is 330 Å². The molecule has 1 heterocycles. The first-order valence-electron chi connectivity index (χ1n) is 19.2. The quantitative estimate of drug-likeness (QED) is 0.154. The van der Waals surface area contributed by atoms with Crippen LogP contribution in [0.5, 0.6) is 0 Å². The van der Waals surface area contributed by atoms with Crippen molar-refractivity contribution in [2.45, 2.75) is 0 Å². The Morgan fingerprint density at radius 1 is 0.304 bits per heavy atom. The summed E-state index contributed by atoms with van der Waals surface area (Å²) in [6, 6.07) is 77.7. The van der Waals surface area contributed by atoms with Crippen molar-refractivity contribution in [1.29, 1.82) is 0 Å². The summed E-state index contributed by atoms with van der Waals surface area (Å²) in [6.45, 7) is 0. The Bertz CT molecular complexity index is 3230. The van der Waals surface area contributed by atoms with E-state index in [0.717, 1.165) is 11.4 Å². The molecule has 1 nitrogen and oxygen atoms in total. The molecule has 56 heavy (non-hydrogen) atoms. The zero-order valence-electron chi connectivity index (χ0n) is 30.6. The summed E-state index contributed by atoms with van der Waals surface area (Å²) in [7, 11) is 0. The molecule has 0 aliphatic heterocycles. The molecule has 10 aromatic carbocycles. The molecule has 262 valence electrons. The first kappa shape index (κ1) is 32.4. The van der Waals surface area contributed by atoms with Gasteiger partial charge in [0.25, 0.3) is 0 Å². The Balaban J connectivity index is 1.06. The maximum atomic E-state index is 2.45. The molecule has 0 radical (unpaired) electrons. The second-order valence-electron chi connectivity index (χ2n) is 14.5. The summed E-state index contributed by atoms with van der Waals surface area (Å²) >= 11 is 1.88. The molecule has 0 unspecified atom stereocenters. The van der Waals surface area contributed by atoms with Gasteiger partial charge in [0.05, 0.1) is 5.69 Å². The van der Waals surface area contributed by atoms with Crippen molar-refractivity contribution in [3.63, 3.8) is 0 Å². The number of anilines is 3. The Kier molecular flexibility index (Phi) is 7.75. The van der Waals surface area contributed by atoms with Gasteiger partial charge in [0.2, 0.25) is 0 Å². The Hall–Kier alpha value is -7.00. The summed E-state index contributed by atoms with van der Waals surface area (Å²) in [6.07, 6.45) is 0. The molecule has 11 aromatic rings. The van der Waals surface area contributed by atoms with Gasteiger partial charge in [0.1, 0.15) is 0 Å². The summed E-state index contributed by atoms with van der Waals surface area (Å²) < 4.78 is 2.64. The van der Waals surface area contributed by atoms with Gasteiger partial charge in [0, 0.05) is 42.3 Å². The highest BCUT2D eigenvalue weighted by molar-refractivity contribution is 7.26. The van der Waals surface area contributed by atoms with Crippen molar-refractivity contribution in [3.05, 3.63) is 212 Å². The lowest BCUT2D eigenvalue weighted by molar-refractivity contribution is 1.30. The van der Waals surface area contributed by atoms with Crippen LogP contribution < -0.4 is 4.90 Å². The zero-order chi connectivity index (χ0) is 37.0. The SMILES string of the molecule is c1ccc(-c2ccc(N(c3cccc(-c4ccc(-c5cc6ccccc6c6ccccc56)cc4)c3)c3cc4c5ccccc5sc4c4ccccc34)cc2)cc1. The topological polar surface area (TPSA) is 3.24 Å². The fourth-order valence-electron chi connectivity index (χ4n) is 8.53. The maximum Gasteiger partial charge on any atom is 0.0547 e. The molecule has 0 bridgehead atoms. The number of hydrogen-bond donors (Lipinski definition) is 0. The number of rotatable bonds is 6. The number of nitrogens with zero attached hydrogens (tertiary/aromatic N) is 1. The normalized spacial score (nSPS) is 11.6. The molecule has 0 saturated carbocycles. The average Bonchev–Trinajstić information content (AvgIpc) is 3.66. The molecular weight excluding hydrogens is 695 g/mol. The highest BCUT2D eigenvalue weighted by Crippen LogP contribution is 2.47. The van der Waals surface area contributed by atoms with Crippen molar-refractivity contribution >= 4 is 80.9 Å². The molecule has 0 spiro atoms. The van der Waals surface area contributed by atoms with Gasteiger partial charge in [-0.1, -0.05) is 170 Å². The minimum Gasteiger partial charge on any atom is -0.310 e. The fourth-order valence-corrected chi connectivity index (χ4v) is 9.75. The first-order chi connectivity index (χ1) is 27.8. The molecule has 11 rings (SSSR count). The highest BCUT2D eigenvalue weighted by atomic mass is 32.1. The van der Waals surface area contributed by atoms with Gasteiger partial charge in [-0.05, 0) is 97.4 Å². The van der Waals surface area contributed by atoms with Gasteiger partial charge >= 0.3 is 0 Å². The summed E-state index contributed by atoms with van der Waals surface area (Å²) in [4.78, 5) is 2.45. The van der Waals surface area contributed by atoms with Crippen LogP contribution in [-0.4, -0.2) is 0 Å². The maximum absolute atomic E-state index is 2.45. The van der Waals surface area contributed by atoms with Crippen LogP contribution in [0.4, 0.5) is 17.1 Å². The van der Waals surface area contributed by atoms with Crippen molar-refractivity contribution in [3.8, 4) is 33.4 Å². The number of hydrogen-bond acceptors (Lipinski definition) is 2. The molecule has 0 N–H and O–H groups in total. The molecule has 0 fully saturated rings. The van der Waals surface area contributed by atoms with Crippen LogP contribution in [0.3, 0.4) is 0 Å². The third-order valence-corrected chi connectivity index (χ3v) is 12.5. The molecule has 0 aliphatic carbocycles.